The number of hydrogen-bond donors (Lipinski definition) is 1. The highest BCUT2D eigenvalue weighted by molar-refractivity contribution is 6.30. The van der Waals surface area contributed by atoms with Gasteiger partial charge >= 0.3 is 0 Å². The molecule has 0 unspecified atom stereocenters. The van der Waals surface area contributed by atoms with Crippen LogP contribution in [0.15, 0.2) is 42.5 Å². The average Bonchev–Trinajstić information content (AvgIpc) is 2.46. The molecule has 3 nitrogen and oxygen atoms in total. The number of anilines is 1. The molecule has 0 saturated heterocycles. The SMILES string of the molecule is N#CCOc1cccc(CNc2cc(Cl)ccc2F)c1. The van der Waals surface area contributed by atoms with E-state index in [4.69, 9.17) is 21.6 Å². The minimum absolute atomic E-state index is 0.000195. The average molecular weight is 291 g/mol. The van der Waals surface area contributed by atoms with Crippen molar-refractivity contribution in [2.24, 2.45) is 0 Å². The fraction of sp³-hybridized carbons (Fsp3) is 0.133. The van der Waals surface area contributed by atoms with Crippen molar-refractivity contribution in [1.82, 2.24) is 0 Å². The Bertz CT molecular complexity index is 640. The van der Waals surface area contributed by atoms with Crippen LogP contribution < -0.4 is 10.1 Å². The van der Waals surface area contributed by atoms with Crippen LogP contribution in [0.2, 0.25) is 5.02 Å². The number of ether oxygens (including phenoxy) is 1. The largest absolute Gasteiger partial charge is 0.479 e. The fourth-order valence-electron chi connectivity index (χ4n) is 1.69. The molecule has 0 bridgehead atoms. The molecule has 0 amide bonds. The smallest absolute Gasteiger partial charge is 0.174 e. The van der Waals surface area contributed by atoms with Crippen molar-refractivity contribution in [2.45, 2.75) is 6.54 Å². The van der Waals surface area contributed by atoms with E-state index >= 15 is 0 Å². The summed E-state index contributed by atoms with van der Waals surface area (Å²) in [5, 5.41) is 11.9. The first-order valence-corrected chi connectivity index (χ1v) is 6.34. The van der Waals surface area contributed by atoms with Crippen LogP contribution in [0.3, 0.4) is 0 Å². The molecule has 0 radical (unpaired) electrons. The van der Waals surface area contributed by atoms with Crippen molar-refractivity contribution >= 4 is 17.3 Å². The van der Waals surface area contributed by atoms with Crippen molar-refractivity contribution in [3.05, 3.63) is 58.9 Å². The van der Waals surface area contributed by atoms with Gasteiger partial charge in [0.1, 0.15) is 17.6 Å². The summed E-state index contributed by atoms with van der Waals surface area (Å²) in [6.45, 7) is 0.431. The van der Waals surface area contributed by atoms with Crippen LogP contribution in [0.1, 0.15) is 5.56 Å². The van der Waals surface area contributed by atoms with Crippen LogP contribution in [0.5, 0.6) is 5.75 Å². The van der Waals surface area contributed by atoms with Crippen LogP contribution in [-0.4, -0.2) is 6.61 Å². The molecule has 0 aliphatic rings. The van der Waals surface area contributed by atoms with Gasteiger partial charge in [-0.25, -0.2) is 4.39 Å². The van der Waals surface area contributed by atoms with Crippen molar-refractivity contribution in [3.63, 3.8) is 0 Å². The van der Waals surface area contributed by atoms with Crippen LogP contribution in [0, 0.1) is 17.1 Å². The molecule has 20 heavy (non-hydrogen) atoms. The standard InChI is InChI=1S/C15H12ClFN2O/c16-12-4-5-14(17)15(9-12)19-10-11-2-1-3-13(8-11)20-7-6-18/h1-5,8-9,19H,7,10H2. The molecule has 2 rings (SSSR count). The molecule has 0 saturated carbocycles. The topological polar surface area (TPSA) is 45.0 Å². The molecule has 0 aliphatic carbocycles. The monoisotopic (exact) mass is 290 g/mol. The van der Waals surface area contributed by atoms with E-state index < -0.39 is 0 Å². The Hall–Kier alpha value is -2.25. The molecule has 0 fully saturated rings. The van der Waals surface area contributed by atoms with Crippen molar-refractivity contribution < 1.29 is 9.13 Å². The number of nitrogens with zero attached hydrogens (tertiary/aromatic N) is 1. The highest BCUT2D eigenvalue weighted by atomic mass is 35.5. The van der Waals surface area contributed by atoms with Crippen LogP contribution >= 0.6 is 11.6 Å². The van der Waals surface area contributed by atoms with E-state index in [0.29, 0.717) is 23.0 Å². The first-order valence-electron chi connectivity index (χ1n) is 5.96. The fourth-order valence-corrected chi connectivity index (χ4v) is 1.86. The van der Waals surface area contributed by atoms with E-state index in [0.717, 1.165) is 5.56 Å². The Labute approximate surface area is 121 Å². The molecule has 0 aliphatic heterocycles. The van der Waals surface area contributed by atoms with E-state index in [1.54, 1.807) is 12.1 Å². The summed E-state index contributed by atoms with van der Waals surface area (Å²) in [5.74, 6) is 0.253. The van der Waals surface area contributed by atoms with Crippen molar-refractivity contribution in [3.8, 4) is 11.8 Å². The van der Waals surface area contributed by atoms with Crippen LogP contribution in [0.4, 0.5) is 10.1 Å². The Balaban J connectivity index is 2.03. The number of rotatable bonds is 5. The maximum Gasteiger partial charge on any atom is 0.174 e. The molecule has 2 aromatic rings. The highest BCUT2D eigenvalue weighted by Crippen LogP contribution is 2.21. The van der Waals surface area contributed by atoms with Crippen molar-refractivity contribution in [1.29, 1.82) is 5.26 Å². The summed E-state index contributed by atoms with van der Waals surface area (Å²) in [4.78, 5) is 0. The second kappa shape index (κ2) is 6.78. The first kappa shape index (κ1) is 14.2. The minimum Gasteiger partial charge on any atom is -0.479 e. The molecule has 2 aromatic carbocycles. The van der Waals surface area contributed by atoms with Gasteiger partial charge in [0.05, 0.1) is 5.69 Å². The molecule has 1 N–H and O–H groups in total. The normalized spacial score (nSPS) is 9.85. The number of halogens is 2. The lowest BCUT2D eigenvalue weighted by Gasteiger charge is -2.09. The third-order valence-electron chi connectivity index (χ3n) is 2.61. The number of hydrogen-bond acceptors (Lipinski definition) is 3. The Morgan fingerprint density at radius 3 is 2.90 bits per heavy atom. The second-order valence-electron chi connectivity index (χ2n) is 4.07. The molecule has 0 atom stereocenters. The van der Waals surface area contributed by atoms with Gasteiger partial charge in [-0.3, -0.25) is 0 Å². The third kappa shape index (κ3) is 3.87. The van der Waals surface area contributed by atoms with Gasteiger partial charge in [-0.1, -0.05) is 23.7 Å². The van der Waals surface area contributed by atoms with Crippen LogP contribution in [-0.2, 0) is 6.54 Å². The summed E-state index contributed by atoms with van der Waals surface area (Å²) in [5.41, 5.74) is 1.26. The maximum atomic E-state index is 13.5. The number of benzene rings is 2. The molecule has 0 aromatic heterocycles. The summed E-state index contributed by atoms with van der Waals surface area (Å²) in [7, 11) is 0. The van der Waals surface area contributed by atoms with Gasteiger partial charge < -0.3 is 10.1 Å². The van der Waals surface area contributed by atoms with Gasteiger partial charge in [0, 0.05) is 11.6 Å². The lowest BCUT2D eigenvalue weighted by molar-refractivity contribution is 0.368. The predicted octanol–water partition coefficient (Wildman–Crippen LogP) is 3.99. The van der Waals surface area contributed by atoms with Crippen LogP contribution in [0.25, 0.3) is 0 Å². The lowest BCUT2D eigenvalue weighted by Crippen LogP contribution is -2.02. The van der Waals surface area contributed by atoms with Gasteiger partial charge in [-0.15, -0.1) is 0 Å². The Morgan fingerprint density at radius 1 is 1.25 bits per heavy atom. The minimum atomic E-state index is -0.355. The third-order valence-corrected chi connectivity index (χ3v) is 2.85. The lowest BCUT2D eigenvalue weighted by atomic mass is 10.2. The zero-order chi connectivity index (χ0) is 14.4. The van der Waals surface area contributed by atoms with Gasteiger partial charge in [-0.05, 0) is 35.9 Å². The summed E-state index contributed by atoms with van der Waals surface area (Å²) >= 11 is 5.82. The predicted molar refractivity (Wildman–Crippen MR) is 76.3 cm³/mol. The van der Waals surface area contributed by atoms with Gasteiger partial charge in [0.25, 0.3) is 0 Å². The number of nitrogens with one attached hydrogen (secondary N) is 1. The highest BCUT2D eigenvalue weighted by Gasteiger charge is 2.03. The second-order valence-corrected chi connectivity index (χ2v) is 4.51. The maximum absolute atomic E-state index is 13.5. The van der Waals surface area contributed by atoms with E-state index in [9.17, 15) is 4.39 Å². The molecular weight excluding hydrogens is 279 g/mol. The summed E-state index contributed by atoms with van der Waals surface area (Å²) < 4.78 is 18.7. The molecule has 0 heterocycles. The molecule has 102 valence electrons. The molecular formula is C15H12ClFN2O. The molecule has 0 spiro atoms. The quantitative estimate of drug-likeness (QED) is 0.905. The Morgan fingerprint density at radius 2 is 2.10 bits per heavy atom. The van der Waals surface area contributed by atoms with Crippen molar-refractivity contribution in [2.75, 3.05) is 11.9 Å². The van der Waals surface area contributed by atoms with E-state index in [1.807, 2.05) is 18.2 Å². The number of nitriles is 1. The summed E-state index contributed by atoms with van der Waals surface area (Å²) in [6.07, 6.45) is 0. The zero-order valence-electron chi connectivity index (χ0n) is 10.6. The van der Waals surface area contributed by atoms with E-state index in [1.165, 1.54) is 18.2 Å². The first-order chi connectivity index (χ1) is 9.69. The van der Waals surface area contributed by atoms with Gasteiger partial charge in [0.15, 0.2) is 6.61 Å². The van der Waals surface area contributed by atoms with Gasteiger partial charge in [0.2, 0.25) is 0 Å². The summed E-state index contributed by atoms with van der Waals surface area (Å²) in [6, 6.07) is 13.5. The molecule has 5 heteroatoms. The zero-order valence-corrected chi connectivity index (χ0v) is 11.3. The van der Waals surface area contributed by atoms with E-state index in [2.05, 4.69) is 5.32 Å². The van der Waals surface area contributed by atoms with Gasteiger partial charge in [-0.2, -0.15) is 5.26 Å². The van der Waals surface area contributed by atoms with E-state index in [-0.39, 0.29) is 12.4 Å². The Kier molecular flexibility index (Phi) is 4.80.